The van der Waals surface area contributed by atoms with Crippen LogP contribution in [0.15, 0.2) is 0 Å². The first kappa shape index (κ1) is 9.84. The van der Waals surface area contributed by atoms with Crippen molar-refractivity contribution in [2.24, 2.45) is 0 Å². The minimum atomic E-state index is -1.07. The van der Waals surface area contributed by atoms with Gasteiger partial charge in [0.15, 0.2) is 0 Å². The van der Waals surface area contributed by atoms with Crippen LogP contribution in [-0.2, 0) is 4.79 Å². The maximum absolute atomic E-state index is 10.3. The summed E-state index contributed by atoms with van der Waals surface area (Å²) in [4.78, 5) is 20.7. The number of hydrogen-bond donors (Lipinski definition) is 2. The van der Waals surface area contributed by atoms with Gasteiger partial charge in [0.1, 0.15) is 4.75 Å². The second kappa shape index (κ2) is 3.30. The Bertz CT molecular complexity index is 164. The molecule has 0 aliphatic rings. The van der Waals surface area contributed by atoms with E-state index >= 15 is 0 Å². The maximum Gasteiger partial charge on any atom is 0.319 e. The molecular formula is C5H8O3S2. The van der Waals surface area contributed by atoms with E-state index in [9.17, 15) is 9.59 Å². The van der Waals surface area contributed by atoms with Crippen molar-refractivity contribution in [2.75, 3.05) is 0 Å². The molecule has 0 amide bonds. The largest absolute Gasteiger partial charge is 0.480 e. The summed E-state index contributed by atoms with van der Waals surface area (Å²) in [5.41, 5.74) is 0. The van der Waals surface area contributed by atoms with Crippen molar-refractivity contribution >= 4 is 34.8 Å². The van der Waals surface area contributed by atoms with Crippen molar-refractivity contribution < 1.29 is 14.7 Å². The molecule has 0 saturated heterocycles. The topological polar surface area (TPSA) is 54.4 Å². The Morgan fingerprint density at radius 3 is 2.00 bits per heavy atom. The molecule has 0 radical (unpaired) electrons. The van der Waals surface area contributed by atoms with Crippen LogP contribution in [0.3, 0.4) is 0 Å². The molecule has 0 bridgehead atoms. The fourth-order valence-corrected chi connectivity index (χ4v) is 1.47. The van der Waals surface area contributed by atoms with Gasteiger partial charge in [0.2, 0.25) is 4.45 Å². The van der Waals surface area contributed by atoms with Crippen LogP contribution in [0, 0.1) is 0 Å². The monoisotopic (exact) mass is 180 g/mol. The van der Waals surface area contributed by atoms with Gasteiger partial charge in [-0.1, -0.05) is 24.4 Å². The molecule has 0 spiro atoms. The van der Waals surface area contributed by atoms with Gasteiger partial charge >= 0.3 is 5.97 Å². The maximum atomic E-state index is 10.3. The van der Waals surface area contributed by atoms with Crippen molar-refractivity contribution in [3.63, 3.8) is 0 Å². The summed E-state index contributed by atoms with van der Waals surface area (Å²) >= 11 is 4.14. The highest BCUT2D eigenvalue weighted by molar-refractivity contribution is 8.33. The predicted octanol–water partition coefficient (Wildman–Crippen LogP) is 1.63. The molecule has 0 aromatic heterocycles. The van der Waals surface area contributed by atoms with Crippen molar-refractivity contribution in [2.45, 2.75) is 18.6 Å². The predicted molar refractivity (Wildman–Crippen MR) is 43.7 cm³/mol. The summed E-state index contributed by atoms with van der Waals surface area (Å²) < 4.78 is -1.55. The Balaban J connectivity index is 4.13. The first-order valence-corrected chi connectivity index (χ1v) is 3.78. The third-order valence-electron chi connectivity index (χ3n) is 0.858. The van der Waals surface area contributed by atoms with E-state index in [0.717, 1.165) is 0 Å². The van der Waals surface area contributed by atoms with Crippen molar-refractivity contribution in [3.8, 4) is 0 Å². The summed E-state index contributed by atoms with van der Waals surface area (Å²) in [5.74, 6) is -1.01. The third-order valence-corrected chi connectivity index (χ3v) is 1.99. The quantitative estimate of drug-likeness (QED) is 0.634. The molecule has 3 nitrogen and oxygen atoms in total. The number of thiol groups is 1. The van der Waals surface area contributed by atoms with Gasteiger partial charge < -0.3 is 5.11 Å². The van der Waals surface area contributed by atoms with Crippen LogP contribution in [0.4, 0.5) is 4.79 Å². The van der Waals surface area contributed by atoms with Crippen LogP contribution >= 0.6 is 24.4 Å². The highest BCUT2D eigenvalue weighted by Crippen LogP contribution is 2.26. The molecule has 0 aliphatic carbocycles. The van der Waals surface area contributed by atoms with Gasteiger partial charge in [0, 0.05) is 0 Å². The number of carbonyl (C=O) groups excluding carboxylic acids is 1. The Morgan fingerprint density at radius 1 is 1.50 bits per heavy atom. The van der Waals surface area contributed by atoms with Gasteiger partial charge in [-0.3, -0.25) is 9.59 Å². The normalized spacial score (nSPS) is 11.1. The summed E-state index contributed by atoms with van der Waals surface area (Å²) in [7, 11) is 0. The molecule has 1 N–H and O–H groups in total. The number of carboxylic acid groups (broad SMARTS) is 1. The number of hydrogen-bond acceptors (Lipinski definition) is 3. The van der Waals surface area contributed by atoms with Gasteiger partial charge in [-0.15, -0.1) is 0 Å². The van der Waals surface area contributed by atoms with Gasteiger partial charge in [-0.2, -0.15) is 0 Å². The molecule has 58 valence electrons. The van der Waals surface area contributed by atoms with Crippen LogP contribution < -0.4 is 0 Å². The second-order valence-corrected chi connectivity index (χ2v) is 4.49. The van der Waals surface area contributed by atoms with Gasteiger partial charge in [0.25, 0.3) is 0 Å². The van der Waals surface area contributed by atoms with E-state index in [2.05, 4.69) is 12.6 Å². The van der Waals surface area contributed by atoms with E-state index in [4.69, 9.17) is 5.11 Å². The van der Waals surface area contributed by atoms with E-state index in [1.165, 1.54) is 13.8 Å². The lowest BCUT2D eigenvalue weighted by molar-refractivity contribution is -0.138. The van der Waals surface area contributed by atoms with Crippen LogP contribution in [0.5, 0.6) is 0 Å². The van der Waals surface area contributed by atoms with Crippen molar-refractivity contribution in [1.29, 1.82) is 0 Å². The first-order valence-electron chi connectivity index (χ1n) is 2.51. The lowest BCUT2D eigenvalue weighted by Gasteiger charge is -2.14. The van der Waals surface area contributed by atoms with Gasteiger partial charge in [0.05, 0.1) is 0 Å². The molecule has 0 unspecified atom stereocenters. The van der Waals surface area contributed by atoms with E-state index < -0.39 is 15.2 Å². The second-order valence-electron chi connectivity index (χ2n) is 2.18. The summed E-state index contributed by atoms with van der Waals surface area (Å²) in [6.45, 7) is 2.90. The first-order chi connectivity index (χ1) is 4.36. The number of carbonyl (C=O) groups is 2. The number of rotatable bonds is 2. The Morgan fingerprint density at radius 2 is 1.90 bits per heavy atom. The van der Waals surface area contributed by atoms with Crippen molar-refractivity contribution in [1.82, 2.24) is 0 Å². The fourth-order valence-electron chi connectivity index (χ4n) is 0.262. The van der Waals surface area contributed by atoms with Crippen LogP contribution in [0.1, 0.15) is 13.8 Å². The van der Waals surface area contributed by atoms with Crippen LogP contribution in [0.25, 0.3) is 0 Å². The molecule has 10 heavy (non-hydrogen) atoms. The standard InChI is InChI=1S/C5H8O3S2/c1-5(2,3(6)7)10-4(8)9/h1-2H3,(H,6,7)(H,8,9). The zero-order valence-corrected chi connectivity index (χ0v) is 7.33. The molecular weight excluding hydrogens is 172 g/mol. The highest BCUT2D eigenvalue weighted by Gasteiger charge is 2.29. The highest BCUT2D eigenvalue weighted by atomic mass is 32.2. The molecule has 0 aromatic carbocycles. The Labute approximate surface area is 68.6 Å². The van der Waals surface area contributed by atoms with Crippen molar-refractivity contribution in [3.05, 3.63) is 0 Å². The molecule has 0 aliphatic heterocycles. The lowest BCUT2D eigenvalue weighted by Crippen LogP contribution is -2.27. The Hall–Kier alpha value is -0.160. The zero-order valence-electron chi connectivity index (χ0n) is 5.62. The summed E-state index contributed by atoms with van der Waals surface area (Å²) in [6.07, 6.45) is 0. The smallest absolute Gasteiger partial charge is 0.319 e. The van der Waals surface area contributed by atoms with E-state index in [0.29, 0.717) is 11.8 Å². The minimum absolute atomic E-state index is 0.479. The van der Waals surface area contributed by atoms with E-state index in [1.807, 2.05) is 0 Å². The SMILES string of the molecule is CC(C)(SC(=O)S)C(=O)O. The fraction of sp³-hybridized carbons (Fsp3) is 0.600. The zero-order chi connectivity index (χ0) is 8.36. The van der Waals surface area contributed by atoms with Gasteiger partial charge in [-0.05, 0) is 13.8 Å². The molecule has 0 heterocycles. The van der Waals surface area contributed by atoms with E-state index in [1.54, 1.807) is 0 Å². The average molecular weight is 180 g/mol. The van der Waals surface area contributed by atoms with E-state index in [-0.39, 0.29) is 0 Å². The molecule has 0 saturated carbocycles. The van der Waals surface area contributed by atoms with Crippen LogP contribution in [0.2, 0.25) is 0 Å². The molecule has 5 heteroatoms. The Kier molecular flexibility index (Phi) is 3.24. The van der Waals surface area contributed by atoms with Crippen LogP contribution in [-0.4, -0.2) is 20.3 Å². The van der Waals surface area contributed by atoms with Gasteiger partial charge in [-0.25, -0.2) is 0 Å². The summed E-state index contributed by atoms with van der Waals surface area (Å²) in [6, 6.07) is 0. The minimum Gasteiger partial charge on any atom is -0.480 e. The summed E-state index contributed by atoms with van der Waals surface area (Å²) in [5, 5.41) is 8.48. The number of carboxylic acids is 1. The molecule has 0 atom stereocenters. The number of aliphatic carboxylic acids is 1. The third kappa shape index (κ3) is 3.12. The molecule has 0 rings (SSSR count). The average Bonchev–Trinajstić information content (AvgIpc) is 1.60. The molecule has 0 fully saturated rings. The lowest BCUT2D eigenvalue weighted by atomic mass is 10.2. The number of thioether (sulfide) groups is 1. The molecule has 0 aromatic rings.